The molecule has 0 atom stereocenters. The van der Waals surface area contributed by atoms with Crippen molar-refractivity contribution in [1.29, 1.82) is 0 Å². The van der Waals surface area contributed by atoms with Crippen LogP contribution < -0.4 is 10.2 Å². The highest BCUT2D eigenvalue weighted by molar-refractivity contribution is 5.83. The van der Waals surface area contributed by atoms with E-state index in [-0.39, 0.29) is 18.1 Å². The lowest BCUT2D eigenvalue weighted by molar-refractivity contribution is -0.120. The zero-order valence-electron chi connectivity index (χ0n) is 15.1. The van der Waals surface area contributed by atoms with Crippen molar-refractivity contribution in [2.45, 2.75) is 39.0 Å². The largest absolute Gasteiger partial charge is 0.494 e. The molecule has 0 aliphatic heterocycles. The fraction of sp³-hybridized carbons (Fsp3) is 0.333. The number of carbonyl (C=O) groups excluding carboxylic acids is 1. The average Bonchev–Trinajstić information content (AvgIpc) is 2.65. The molecule has 0 spiro atoms. The van der Waals surface area contributed by atoms with Crippen molar-refractivity contribution in [3.8, 4) is 5.75 Å². The highest BCUT2D eigenvalue weighted by Gasteiger charge is 2.02. The Labute approximate surface area is 154 Å². The van der Waals surface area contributed by atoms with Crippen LogP contribution in [0.1, 0.15) is 43.7 Å². The van der Waals surface area contributed by atoms with E-state index in [0.717, 1.165) is 29.9 Å². The Hall–Kier alpha value is -2.69. The van der Waals surface area contributed by atoms with Gasteiger partial charge in [0.2, 0.25) is 5.91 Å². The van der Waals surface area contributed by atoms with Crippen molar-refractivity contribution in [1.82, 2.24) is 5.43 Å². The fourth-order valence-electron chi connectivity index (χ4n) is 2.37. The van der Waals surface area contributed by atoms with Gasteiger partial charge in [-0.15, -0.1) is 0 Å². The highest BCUT2D eigenvalue weighted by Crippen LogP contribution is 2.12. The number of amides is 1. The second-order valence-corrected chi connectivity index (χ2v) is 6.07. The van der Waals surface area contributed by atoms with Crippen LogP contribution in [0.4, 0.5) is 4.39 Å². The van der Waals surface area contributed by atoms with Crippen LogP contribution in [0.3, 0.4) is 0 Å². The van der Waals surface area contributed by atoms with E-state index >= 15 is 0 Å². The van der Waals surface area contributed by atoms with Crippen molar-refractivity contribution in [2.75, 3.05) is 6.61 Å². The molecular weight excluding hydrogens is 331 g/mol. The first-order valence-electron chi connectivity index (χ1n) is 8.96. The van der Waals surface area contributed by atoms with Crippen LogP contribution in [0.25, 0.3) is 0 Å². The van der Waals surface area contributed by atoms with E-state index in [4.69, 9.17) is 4.74 Å². The predicted molar refractivity (Wildman–Crippen MR) is 102 cm³/mol. The Morgan fingerprint density at radius 2 is 1.81 bits per heavy atom. The van der Waals surface area contributed by atoms with Crippen LogP contribution in [0.2, 0.25) is 0 Å². The lowest BCUT2D eigenvalue weighted by atomic mass is 10.1. The molecule has 5 heteroatoms. The topological polar surface area (TPSA) is 50.7 Å². The standard InChI is InChI=1S/C21H25FN2O2/c1-2-3-4-5-14-26-20-12-8-18(9-13-20)16-23-24-21(25)15-17-6-10-19(22)11-7-17/h6-13,16H,2-5,14-15H2,1H3,(H,24,25)/b23-16-. The van der Waals surface area contributed by atoms with Gasteiger partial charge >= 0.3 is 0 Å². The molecule has 2 aromatic carbocycles. The Kier molecular flexibility index (Phi) is 8.33. The van der Waals surface area contributed by atoms with E-state index in [0.29, 0.717) is 0 Å². The van der Waals surface area contributed by atoms with E-state index in [1.807, 2.05) is 24.3 Å². The summed E-state index contributed by atoms with van der Waals surface area (Å²) < 4.78 is 18.5. The zero-order valence-corrected chi connectivity index (χ0v) is 15.1. The van der Waals surface area contributed by atoms with E-state index < -0.39 is 0 Å². The monoisotopic (exact) mass is 356 g/mol. The van der Waals surface area contributed by atoms with Crippen LogP contribution in [-0.4, -0.2) is 18.7 Å². The number of nitrogens with zero attached hydrogens (tertiary/aromatic N) is 1. The van der Waals surface area contributed by atoms with E-state index in [1.165, 1.54) is 31.4 Å². The van der Waals surface area contributed by atoms with E-state index in [2.05, 4.69) is 17.5 Å². The molecule has 2 rings (SSSR count). The van der Waals surface area contributed by atoms with Crippen molar-refractivity contribution in [2.24, 2.45) is 5.10 Å². The van der Waals surface area contributed by atoms with Crippen LogP contribution in [0.15, 0.2) is 53.6 Å². The number of rotatable bonds is 10. The molecule has 1 amide bonds. The third-order valence-electron chi connectivity index (χ3n) is 3.83. The second kappa shape index (κ2) is 11.0. The molecule has 1 N–H and O–H groups in total. The molecule has 0 aromatic heterocycles. The lowest BCUT2D eigenvalue weighted by Gasteiger charge is -2.06. The Bertz CT molecular complexity index is 697. The number of nitrogens with one attached hydrogen (secondary N) is 1. The minimum absolute atomic E-state index is 0.155. The molecule has 0 bridgehead atoms. The summed E-state index contributed by atoms with van der Waals surface area (Å²) in [4.78, 5) is 11.8. The summed E-state index contributed by atoms with van der Waals surface area (Å²) in [7, 11) is 0. The van der Waals surface area contributed by atoms with Gasteiger partial charge in [-0.1, -0.05) is 38.3 Å². The number of ether oxygens (including phenoxy) is 1. The third kappa shape index (κ3) is 7.47. The first kappa shape index (κ1) is 19.6. The fourth-order valence-corrected chi connectivity index (χ4v) is 2.37. The van der Waals surface area contributed by atoms with E-state index in [9.17, 15) is 9.18 Å². The van der Waals surface area contributed by atoms with Gasteiger partial charge in [0, 0.05) is 0 Å². The zero-order chi connectivity index (χ0) is 18.6. The molecule has 0 saturated heterocycles. The number of benzene rings is 2. The Balaban J connectivity index is 1.72. The summed E-state index contributed by atoms with van der Waals surface area (Å²) in [6, 6.07) is 13.4. The molecule has 0 aliphatic rings. The Morgan fingerprint density at radius 1 is 1.08 bits per heavy atom. The van der Waals surface area contributed by atoms with Crippen LogP contribution in [-0.2, 0) is 11.2 Å². The summed E-state index contributed by atoms with van der Waals surface area (Å²) in [6.45, 7) is 2.92. The molecule has 0 heterocycles. The normalized spacial score (nSPS) is 10.8. The van der Waals surface area contributed by atoms with Gasteiger partial charge in [-0.3, -0.25) is 4.79 Å². The second-order valence-electron chi connectivity index (χ2n) is 6.07. The first-order chi connectivity index (χ1) is 12.7. The number of halogens is 1. The SMILES string of the molecule is CCCCCCOc1ccc(/C=N\NC(=O)Cc2ccc(F)cc2)cc1. The van der Waals surface area contributed by atoms with Gasteiger partial charge in [0.05, 0.1) is 19.2 Å². The van der Waals surface area contributed by atoms with Gasteiger partial charge in [0.1, 0.15) is 11.6 Å². The van der Waals surface area contributed by atoms with Crippen molar-refractivity contribution < 1.29 is 13.9 Å². The lowest BCUT2D eigenvalue weighted by Crippen LogP contribution is -2.19. The third-order valence-corrected chi connectivity index (χ3v) is 3.83. The summed E-state index contributed by atoms with van der Waals surface area (Å²) in [5, 5.41) is 3.94. The smallest absolute Gasteiger partial charge is 0.244 e. The number of hydrogen-bond donors (Lipinski definition) is 1. The van der Waals surface area contributed by atoms with Crippen molar-refractivity contribution in [3.63, 3.8) is 0 Å². The Morgan fingerprint density at radius 3 is 2.50 bits per heavy atom. The predicted octanol–water partition coefficient (Wildman–Crippen LogP) is 4.48. The quantitative estimate of drug-likeness (QED) is 0.388. The van der Waals surface area contributed by atoms with Crippen LogP contribution in [0, 0.1) is 5.82 Å². The maximum absolute atomic E-state index is 12.8. The molecule has 0 radical (unpaired) electrons. The summed E-state index contributed by atoms with van der Waals surface area (Å²) in [6.07, 6.45) is 6.45. The van der Waals surface area contributed by atoms with Gasteiger partial charge < -0.3 is 4.74 Å². The summed E-state index contributed by atoms with van der Waals surface area (Å²) in [5.74, 6) is 0.263. The molecule has 0 aliphatic carbocycles. The molecule has 138 valence electrons. The summed E-state index contributed by atoms with van der Waals surface area (Å²) >= 11 is 0. The van der Waals surface area contributed by atoms with Gasteiger partial charge in [-0.25, -0.2) is 9.82 Å². The number of carbonyl (C=O) groups is 1. The van der Waals surface area contributed by atoms with Crippen LogP contribution in [0.5, 0.6) is 5.75 Å². The van der Waals surface area contributed by atoms with Gasteiger partial charge in [0.25, 0.3) is 0 Å². The minimum atomic E-state index is -0.319. The van der Waals surface area contributed by atoms with Crippen molar-refractivity contribution in [3.05, 3.63) is 65.5 Å². The summed E-state index contributed by atoms with van der Waals surface area (Å²) in [5.41, 5.74) is 4.07. The molecule has 0 saturated carbocycles. The number of hydrazone groups is 1. The van der Waals surface area contributed by atoms with Crippen LogP contribution >= 0.6 is 0 Å². The molecule has 0 unspecified atom stereocenters. The minimum Gasteiger partial charge on any atom is -0.494 e. The molecule has 2 aromatic rings. The number of hydrogen-bond acceptors (Lipinski definition) is 3. The number of unbranched alkanes of at least 4 members (excludes halogenated alkanes) is 3. The van der Waals surface area contributed by atoms with Gasteiger partial charge in [-0.2, -0.15) is 5.10 Å². The van der Waals surface area contributed by atoms with Gasteiger partial charge in [-0.05, 0) is 53.9 Å². The van der Waals surface area contributed by atoms with Crippen molar-refractivity contribution >= 4 is 12.1 Å². The highest BCUT2D eigenvalue weighted by atomic mass is 19.1. The molecule has 4 nitrogen and oxygen atoms in total. The van der Waals surface area contributed by atoms with E-state index in [1.54, 1.807) is 18.3 Å². The molecule has 0 fully saturated rings. The molecule has 26 heavy (non-hydrogen) atoms. The molecular formula is C21H25FN2O2. The maximum Gasteiger partial charge on any atom is 0.244 e. The average molecular weight is 356 g/mol. The maximum atomic E-state index is 12.8. The van der Waals surface area contributed by atoms with Gasteiger partial charge in [0.15, 0.2) is 0 Å². The first-order valence-corrected chi connectivity index (χ1v) is 8.96.